The van der Waals surface area contributed by atoms with Crippen LogP contribution in [0.3, 0.4) is 0 Å². The lowest BCUT2D eigenvalue weighted by Gasteiger charge is -2.25. The summed E-state index contributed by atoms with van der Waals surface area (Å²) in [6.07, 6.45) is 1.63. The van der Waals surface area contributed by atoms with Crippen LogP contribution in [-0.2, 0) is 4.74 Å². The summed E-state index contributed by atoms with van der Waals surface area (Å²) in [5.74, 6) is 0.326. The molecule has 2 rings (SSSR count). The van der Waals surface area contributed by atoms with Crippen LogP contribution in [0.25, 0.3) is 0 Å². The molecule has 0 atom stereocenters. The fourth-order valence-electron chi connectivity index (χ4n) is 0.840. The molecule has 5 heteroatoms. The van der Waals surface area contributed by atoms with E-state index in [0.29, 0.717) is 12.0 Å². The number of hydrogen-bond donors (Lipinski definition) is 1. The number of ether oxygens (including phenoxy) is 1. The summed E-state index contributed by atoms with van der Waals surface area (Å²) in [7, 11) is 0. The van der Waals surface area contributed by atoms with Crippen molar-refractivity contribution in [2.75, 3.05) is 18.9 Å². The third-order valence-corrected chi connectivity index (χ3v) is 1.52. The predicted molar refractivity (Wildman–Crippen MR) is 34.3 cm³/mol. The predicted octanol–water partition coefficient (Wildman–Crippen LogP) is -0.568. The average molecular weight is 140 g/mol. The van der Waals surface area contributed by atoms with Gasteiger partial charge in [0, 0.05) is 0 Å². The maximum absolute atomic E-state index is 5.31. The molecular weight excluding hydrogens is 132 g/mol. The lowest BCUT2D eigenvalue weighted by Crippen LogP contribution is -2.30. The molecule has 0 bridgehead atoms. The van der Waals surface area contributed by atoms with E-state index in [9.17, 15) is 0 Å². The molecule has 1 aliphatic rings. The van der Waals surface area contributed by atoms with Crippen molar-refractivity contribution in [3.8, 4) is 0 Å². The fourth-order valence-corrected chi connectivity index (χ4v) is 0.840. The molecule has 2 N–H and O–H groups in total. The van der Waals surface area contributed by atoms with E-state index in [2.05, 4.69) is 10.1 Å². The van der Waals surface area contributed by atoms with Crippen LogP contribution in [0.15, 0.2) is 6.33 Å². The van der Waals surface area contributed by atoms with Crippen molar-refractivity contribution < 1.29 is 4.74 Å². The Kier molecular flexibility index (Phi) is 1.10. The Balaban J connectivity index is 2.17. The van der Waals surface area contributed by atoms with E-state index >= 15 is 0 Å². The Bertz CT molecular complexity index is 229. The fraction of sp³-hybridized carbons (Fsp3) is 0.600. The summed E-state index contributed by atoms with van der Waals surface area (Å²) in [6.45, 7) is 1.45. The highest BCUT2D eigenvalue weighted by Crippen LogP contribution is 2.14. The van der Waals surface area contributed by atoms with Gasteiger partial charge in [-0.3, -0.25) is 0 Å². The summed E-state index contributed by atoms with van der Waals surface area (Å²) < 4.78 is 6.70. The Morgan fingerprint density at radius 1 is 1.70 bits per heavy atom. The first-order valence-corrected chi connectivity index (χ1v) is 3.10. The summed E-state index contributed by atoms with van der Waals surface area (Å²) in [6, 6.07) is 0.352. The molecule has 0 saturated carbocycles. The second-order valence-corrected chi connectivity index (χ2v) is 2.27. The molecule has 0 aliphatic carbocycles. The SMILES string of the molecule is Nc1ncn(C2COC2)n1. The van der Waals surface area contributed by atoms with Crippen molar-refractivity contribution in [2.45, 2.75) is 6.04 Å². The summed E-state index contributed by atoms with van der Waals surface area (Å²) >= 11 is 0. The van der Waals surface area contributed by atoms with Crippen LogP contribution < -0.4 is 5.73 Å². The molecule has 1 fully saturated rings. The lowest BCUT2D eigenvalue weighted by atomic mass is 10.3. The Labute approximate surface area is 57.8 Å². The summed E-state index contributed by atoms with van der Waals surface area (Å²) in [5.41, 5.74) is 5.31. The number of nitrogen functional groups attached to an aromatic ring is 1. The second kappa shape index (κ2) is 1.95. The highest BCUT2D eigenvalue weighted by molar-refractivity contribution is 5.09. The molecule has 5 nitrogen and oxygen atoms in total. The first-order valence-electron chi connectivity index (χ1n) is 3.10. The molecule has 0 amide bonds. The van der Waals surface area contributed by atoms with Crippen LogP contribution in [0.1, 0.15) is 6.04 Å². The molecule has 1 aromatic heterocycles. The topological polar surface area (TPSA) is 66.0 Å². The molecule has 10 heavy (non-hydrogen) atoms. The van der Waals surface area contributed by atoms with Gasteiger partial charge in [0.25, 0.3) is 0 Å². The van der Waals surface area contributed by atoms with Gasteiger partial charge in [-0.1, -0.05) is 0 Å². The van der Waals surface area contributed by atoms with E-state index in [0.717, 1.165) is 13.2 Å². The average Bonchev–Trinajstić information content (AvgIpc) is 2.10. The standard InChI is InChI=1S/C5H8N4O/c6-5-7-3-9(8-5)4-1-10-2-4/h3-4H,1-2H2,(H2,6,8). The normalized spacial score (nSPS) is 18.8. The number of hydrogen-bond acceptors (Lipinski definition) is 4. The molecule has 1 aliphatic heterocycles. The van der Waals surface area contributed by atoms with Crippen LogP contribution in [0.4, 0.5) is 5.95 Å². The van der Waals surface area contributed by atoms with E-state index in [1.807, 2.05) is 0 Å². The van der Waals surface area contributed by atoms with Gasteiger partial charge in [0.15, 0.2) is 0 Å². The zero-order chi connectivity index (χ0) is 6.97. The van der Waals surface area contributed by atoms with E-state index in [4.69, 9.17) is 10.5 Å². The van der Waals surface area contributed by atoms with Gasteiger partial charge in [-0.15, -0.1) is 5.10 Å². The van der Waals surface area contributed by atoms with Gasteiger partial charge >= 0.3 is 0 Å². The Morgan fingerprint density at radius 2 is 2.50 bits per heavy atom. The zero-order valence-corrected chi connectivity index (χ0v) is 5.40. The second-order valence-electron chi connectivity index (χ2n) is 2.27. The van der Waals surface area contributed by atoms with Gasteiger partial charge in [0.1, 0.15) is 12.4 Å². The van der Waals surface area contributed by atoms with Gasteiger partial charge in [-0.05, 0) is 0 Å². The zero-order valence-electron chi connectivity index (χ0n) is 5.40. The van der Waals surface area contributed by atoms with Crippen molar-refractivity contribution in [3.05, 3.63) is 6.33 Å². The smallest absolute Gasteiger partial charge is 0.239 e. The first kappa shape index (κ1) is 5.67. The third-order valence-electron chi connectivity index (χ3n) is 1.52. The van der Waals surface area contributed by atoms with Crippen molar-refractivity contribution in [1.82, 2.24) is 14.8 Å². The molecule has 1 aromatic rings. The Hall–Kier alpha value is -1.10. The number of rotatable bonds is 1. The van der Waals surface area contributed by atoms with Crippen LogP contribution in [-0.4, -0.2) is 28.0 Å². The summed E-state index contributed by atoms with van der Waals surface area (Å²) in [4.78, 5) is 3.79. The van der Waals surface area contributed by atoms with Gasteiger partial charge in [-0.25, -0.2) is 9.67 Å². The molecule has 0 aromatic carbocycles. The van der Waals surface area contributed by atoms with Gasteiger partial charge in [0.05, 0.1) is 13.2 Å². The van der Waals surface area contributed by atoms with Crippen molar-refractivity contribution >= 4 is 5.95 Å². The van der Waals surface area contributed by atoms with Crippen molar-refractivity contribution in [2.24, 2.45) is 0 Å². The van der Waals surface area contributed by atoms with Gasteiger partial charge in [-0.2, -0.15) is 0 Å². The number of aromatic nitrogens is 3. The van der Waals surface area contributed by atoms with E-state index in [1.165, 1.54) is 0 Å². The van der Waals surface area contributed by atoms with Crippen molar-refractivity contribution in [3.63, 3.8) is 0 Å². The molecular formula is C5H8N4O. The van der Waals surface area contributed by atoms with E-state index in [1.54, 1.807) is 11.0 Å². The van der Waals surface area contributed by atoms with Gasteiger partial charge in [0.2, 0.25) is 5.95 Å². The van der Waals surface area contributed by atoms with Crippen LogP contribution in [0, 0.1) is 0 Å². The number of nitrogens with two attached hydrogens (primary N) is 1. The minimum atomic E-state index is 0.326. The van der Waals surface area contributed by atoms with Crippen LogP contribution in [0.5, 0.6) is 0 Å². The van der Waals surface area contributed by atoms with Gasteiger partial charge < -0.3 is 10.5 Å². The monoisotopic (exact) mass is 140 g/mol. The molecule has 0 radical (unpaired) electrons. The quantitative estimate of drug-likeness (QED) is 0.567. The molecule has 54 valence electrons. The van der Waals surface area contributed by atoms with E-state index in [-0.39, 0.29) is 0 Å². The van der Waals surface area contributed by atoms with E-state index < -0.39 is 0 Å². The van der Waals surface area contributed by atoms with Crippen LogP contribution in [0.2, 0.25) is 0 Å². The largest absolute Gasteiger partial charge is 0.377 e. The maximum Gasteiger partial charge on any atom is 0.239 e. The third kappa shape index (κ3) is 0.750. The summed E-state index contributed by atoms with van der Waals surface area (Å²) in [5, 5.41) is 3.94. The van der Waals surface area contributed by atoms with Crippen LogP contribution >= 0.6 is 0 Å². The molecule has 0 spiro atoms. The van der Waals surface area contributed by atoms with Crippen molar-refractivity contribution in [1.29, 1.82) is 0 Å². The lowest BCUT2D eigenvalue weighted by molar-refractivity contribution is -0.0286. The Morgan fingerprint density at radius 3 is 2.90 bits per heavy atom. The molecule has 2 heterocycles. The number of anilines is 1. The minimum Gasteiger partial charge on any atom is -0.377 e. The minimum absolute atomic E-state index is 0.326. The highest BCUT2D eigenvalue weighted by Gasteiger charge is 2.20. The first-order chi connectivity index (χ1) is 4.86. The number of nitrogens with zero attached hydrogens (tertiary/aromatic N) is 3. The molecule has 1 saturated heterocycles. The maximum atomic E-state index is 5.31. The molecule has 0 unspecified atom stereocenters. The highest BCUT2D eigenvalue weighted by atomic mass is 16.5.